The Morgan fingerprint density at radius 2 is 1.88 bits per heavy atom. The number of non-ortho nitro benzene ring substituents is 1. The van der Waals surface area contributed by atoms with E-state index in [2.05, 4.69) is 10.1 Å². The molecule has 0 unspecified atom stereocenters. The van der Waals surface area contributed by atoms with Crippen LogP contribution in [0, 0.1) is 10.1 Å². The summed E-state index contributed by atoms with van der Waals surface area (Å²) in [6.45, 7) is -3.03. The van der Waals surface area contributed by atoms with E-state index in [9.17, 15) is 23.7 Å². The molecule has 2 aromatic rings. The van der Waals surface area contributed by atoms with Crippen molar-refractivity contribution in [3.8, 4) is 5.75 Å². The van der Waals surface area contributed by atoms with E-state index in [0.29, 0.717) is 0 Å². The quantitative estimate of drug-likeness (QED) is 0.602. The molecule has 0 bridgehead atoms. The third-order valence-electron chi connectivity index (χ3n) is 2.81. The summed E-state index contributed by atoms with van der Waals surface area (Å²) in [5.41, 5.74) is -0.0413. The van der Waals surface area contributed by atoms with Crippen molar-refractivity contribution in [2.24, 2.45) is 0 Å². The number of benzene rings is 2. The first-order chi connectivity index (χ1) is 11.3. The second kappa shape index (κ2) is 7.41. The van der Waals surface area contributed by atoms with Crippen molar-refractivity contribution in [3.05, 3.63) is 62.1 Å². The van der Waals surface area contributed by atoms with Gasteiger partial charge < -0.3 is 10.1 Å². The zero-order chi connectivity index (χ0) is 17.9. The Labute approximate surface area is 144 Å². The van der Waals surface area contributed by atoms with Crippen LogP contribution >= 0.6 is 23.2 Å². The Kier molecular flexibility index (Phi) is 5.53. The molecule has 1 N–H and O–H groups in total. The second-order valence-corrected chi connectivity index (χ2v) is 5.21. The number of ether oxygens (including phenoxy) is 1. The maximum Gasteiger partial charge on any atom is 0.387 e. The summed E-state index contributed by atoms with van der Waals surface area (Å²) in [5, 5.41) is 12.9. The van der Waals surface area contributed by atoms with Gasteiger partial charge >= 0.3 is 6.61 Å². The first-order valence-corrected chi connectivity index (χ1v) is 7.03. The Morgan fingerprint density at radius 1 is 1.17 bits per heavy atom. The number of halogens is 4. The van der Waals surface area contributed by atoms with Crippen molar-refractivity contribution in [1.82, 2.24) is 0 Å². The van der Waals surface area contributed by atoms with Crippen molar-refractivity contribution in [2.45, 2.75) is 6.61 Å². The molecule has 0 heterocycles. The highest BCUT2D eigenvalue weighted by Gasteiger charge is 2.16. The Hall–Kier alpha value is -2.45. The lowest BCUT2D eigenvalue weighted by Gasteiger charge is -2.10. The number of hydrogen-bond acceptors (Lipinski definition) is 4. The minimum atomic E-state index is -3.03. The van der Waals surface area contributed by atoms with Crippen LogP contribution < -0.4 is 10.1 Å². The fraction of sp³-hybridized carbons (Fsp3) is 0.0714. The van der Waals surface area contributed by atoms with Gasteiger partial charge in [-0.3, -0.25) is 14.9 Å². The molecular formula is C14H8Cl2F2N2O4. The summed E-state index contributed by atoms with van der Waals surface area (Å²) in [6, 6.07) is 7.07. The van der Waals surface area contributed by atoms with Gasteiger partial charge in [0.1, 0.15) is 5.75 Å². The van der Waals surface area contributed by atoms with E-state index >= 15 is 0 Å². The molecule has 0 saturated heterocycles. The molecule has 0 radical (unpaired) electrons. The maximum atomic E-state index is 12.2. The van der Waals surface area contributed by atoms with Crippen molar-refractivity contribution in [3.63, 3.8) is 0 Å². The van der Waals surface area contributed by atoms with E-state index in [1.807, 2.05) is 0 Å². The molecule has 0 aliphatic rings. The molecular weight excluding hydrogens is 369 g/mol. The molecule has 2 aromatic carbocycles. The van der Waals surface area contributed by atoms with Crippen molar-refractivity contribution >= 4 is 40.5 Å². The topological polar surface area (TPSA) is 81.5 Å². The van der Waals surface area contributed by atoms with E-state index in [1.54, 1.807) is 0 Å². The van der Waals surface area contributed by atoms with Gasteiger partial charge in [0.15, 0.2) is 0 Å². The van der Waals surface area contributed by atoms with Gasteiger partial charge in [-0.1, -0.05) is 23.2 Å². The van der Waals surface area contributed by atoms with E-state index in [-0.39, 0.29) is 32.7 Å². The number of rotatable bonds is 5. The summed E-state index contributed by atoms with van der Waals surface area (Å²) < 4.78 is 28.5. The van der Waals surface area contributed by atoms with Crippen LogP contribution in [0.2, 0.25) is 10.0 Å². The lowest BCUT2D eigenvalue weighted by Crippen LogP contribution is -2.12. The zero-order valence-corrected chi connectivity index (χ0v) is 13.1. The standard InChI is InChI=1S/C14H8Cl2F2N2O4/c15-10-6-8(20(22)23)2-3-9(10)13(21)19-7-1-4-12(11(16)5-7)24-14(17)18/h1-6,14H,(H,19,21). The van der Waals surface area contributed by atoms with Crippen LogP contribution in [0.5, 0.6) is 5.75 Å². The number of carbonyl (C=O) groups excluding carboxylic acids is 1. The second-order valence-electron chi connectivity index (χ2n) is 4.40. The van der Waals surface area contributed by atoms with Crippen LogP contribution in [0.3, 0.4) is 0 Å². The molecule has 0 aromatic heterocycles. The largest absolute Gasteiger partial charge is 0.433 e. The number of nitrogens with zero attached hydrogens (tertiary/aromatic N) is 1. The van der Waals surface area contributed by atoms with Gasteiger partial charge in [-0.2, -0.15) is 8.78 Å². The van der Waals surface area contributed by atoms with Gasteiger partial charge in [0.25, 0.3) is 11.6 Å². The Bertz CT molecular complexity index is 802. The van der Waals surface area contributed by atoms with Gasteiger partial charge in [0, 0.05) is 17.8 Å². The number of anilines is 1. The molecule has 0 spiro atoms. The fourth-order valence-corrected chi connectivity index (χ4v) is 2.26. The number of carbonyl (C=O) groups is 1. The van der Waals surface area contributed by atoms with Crippen LogP contribution in [-0.4, -0.2) is 17.4 Å². The van der Waals surface area contributed by atoms with Gasteiger partial charge in [-0.15, -0.1) is 0 Å². The van der Waals surface area contributed by atoms with Gasteiger partial charge in [0.2, 0.25) is 0 Å². The average Bonchev–Trinajstić information content (AvgIpc) is 2.49. The molecule has 0 fully saturated rings. The minimum absolute atomic E-state index is 0.00583. The van der Waals surface area contributed by atoms with Crippen LogP contribution in [-0.2, 0) is 0 Å². The fourth-order valence-electron chi connectivity index (χ4n) is 1.77. The third-order valence-corrected chi connectivity index (χ3v) is 3.42. The smallest absolute Gasteiger partial charge is 0.387 e. The molecule has 0 saturated carbocycles. The van der Waals surface area contributed by atoms with Crippen LogP contribution in [0.25, 0.3) is 0 Å². The first kappa shape index (κ1) is 17.9. The lowest BCUT2D eigenvalue weighted by atomic mass is 10.2. The molecule has 126 valence electrons. The highest BCUT2D eigenvalue weighted by atomic mass is 35.5. The summed E-state index contributed by atoms with van der Waals surface area (Å²) in [6.07, 6.45) is 0. The summed E-state index contributed by atoms with van der Waals surface area (Å²) in [7, 11) is 0. The SMILES string of the molecule is O=C(Nc1ccc(OC(F)F)c(Cl)c1)c1ccc([N+](=O)[O-])cc1Cl. The van der Waals surface area contributed by atoms with Crippen LogP contribution in [0.4, 0.5) is 20.2 Å². The number of nitro benzene ring substituents is 1. The number of hydrogen-bond donors (Lipinski definition) is 1. The molecule has 24 heavy (non-hydrogen) atoms. The van der Waals surface area contributed by atoms with E-state index in [0.717, 1.165) is 12.1 Å². The van der Waals surface area contributed by atoms with Crippen LogP contribution in [0.15, 0.2) is 36.4 Å². The highest BCUT2D eigenvalue weighted by Crippen LogP contribution is 2.30. The Balaban J connectivity index is 2.18. The number of nitrogens with one attached hydrogen (secondary N) is 1. The molecule has 6 nitrogen and oxygen atoms in total. The van der Waals surface area contributed by atoms with E-state index in [4.69, 9.17) is 23.2 Å². The van der Waals surface area contributed by atoms with Crippen LogP contribution in [0.1, 0.15) is 10.4 Å². The predicted molar refractivity (Wildman–Crippen MR) is 84.1 cm³/mol. The summed E-state index contributed by atoms with van der Waals surface area (Å²) in [4.78, 5) is 22.1. The molecule has 0 aliphatic carbocycles. The third kappa shape index (κ3) is 4.30. The summed E-state index contributed by atoms with van der Waals surface area (Å²) in [5.74, 6) is -0.883. The highest BCUT2D eigenvalue weighted by molar-refractivity contribution is 6.35. The van der Waals surface area contributed by atoms with E-state index < -0.39 is 17.4 Å². The van der Waals surface area contributed by atoms with Crippen molar-refractivity contribution < 1.29 is 23.2 Å². The molecule has 1 amide bonds. The minimum Gasteiger partial charge on any atom is -0.433 e. The molecule has 0 atom stereocenters. The zero-order valence-electron chi connectivity index (χ0n) is 11.6. The van der Waals surface area contributed by atoms with Crippen molar-refractivity contribution in [2.75, 3.05) is 5.32 Å². The number of nitro groups is 1. The van der Waals surface area contributed by atoms with Gasteiger partial charge in [-0.05, 0) is 24.3 Å². The summed E-state index contributed by atoms with van der Waals surface area (Å²) >= 11 is 11.6. The number of alkyl halides is 2. The normalized spacial score (nSPS) is 10.5. The monoisotopic (exact) mass is 376 g/mol. The predicted octanol–water partition coefficient (Wildman–Crippen LogP) is 4.76. The number of amides is 1. The van der Waals surface area contributed by atoms with Crippen molar-refractivity contribution in [1.29, 1.82) is 0 Å². The molecule has 10 heteroatoms. The first-order valence-electron chi connectivity index (χ1n) is 6.27. The van der Waals surface area contributed by atoms with E-state index in [1.165, 1.54) is 24.3 Å². The van der Waals surface area contributed by atoms with Gasteiger partial charge in [0.05, 0.1) is 20.5 Å². The van der Waals surface area contributed by atoms with Gasteiger partial charge in [-0.25, -0.2) is 0 Å². The molecule has 2 rings (SSSR count). The average molecular weight is 377 g/mol. The Morgan fingerprint density at radius 3 is 2.42 bits per heavy atom. The molecule has 0 aliphatic heterocycles. The lowest BCUT2D eigenvalue weighted by molar-refractivity contribution is -0.384. The maximum absolute atomic E-state index is 12.2.